The van der Waals surface area contributed by atoms with Crippen molar-refractivity contribution >= 4 is 17.6 Å². The van der Waals surface area contributed by atoms with Gasteiger partial charge in [0.15, 0.2) is 5.84 Å². The molecule has 0 saturated heterocycles. The van der Waals surface area contributed by atoms with Gasteiger partial charge in [-0.25, -0.2) is 4.79 Å². The first kappa shape index (κ1) is 25.4. The first-order chi connectivity index (χ1) is 13.1. The molecule has 0 aliphatic rings. The van der Waals surface area contributed by atoms with Crippen LogP contribution >= 0.6 is 0 Å². The first-order valence-corrected chi connectivity index (χ1v) is 8.83. The van der Waals surface area contributed by atoms with Crippen molar-refractivity contribution in [3.8, 4) is 5.75 Å². The van der Waals surface area contributed by atoms with Gasteiger partial charge in [-0.1, -0.05) is 31.8 Å². The minimum absolute atomic E-state index is 0.104. The number of nitrogens with two attached hydrogens (primary N) is 1. The third-order valence-corrected chi connectivity index (χ3v) is 3.63. The molecule has 0 spiro atoms. The van der Waals surface area contributed by atoms with Gasteiger partial charge in [0.1, 0.15) is 5.75 Å². The fraction of sp³-hybridized carbons (Fsp3) is 0.526. The Balaban J connectivity index is 0.000000887. The quantitative estimate of drug-likeness (QED) is 0.303. The van der Waals surface area contributed by atoms with Gasteiger partial charge in [-0.3, -0.25) is 4.79 Å². The highest BCUT2D eigenvalue weighted by molar-refractivity contribution is 5.97. The predicted octanol–water partition coefficient (Wildman–Crippen LogP) is 4.21. The number of ketones is 1. The van der Waals surface area contributed by atoms with Crippen LogP contribution < -0.4 is 10.5 Å². The van der Waals surface area contributed by atoms with Gasteiger partial charge in [0.25, 0.3) is 0 Å². The summed E-state index contributed by atoms with van der Waals surface area (Å²) in [6, 6.07) is 7.08. The summed E-state index contributed by atoms with van der Waals surface area (Å²) in [5.74, 6) is -1.26. The second-order valence-corrected chi connectivity index (χ2v) is 5.94. The molecule has 158 valence electrons. The molecule has 0 aromatic heterocycles. The van der Waals surface area contributed by atoms with Gasteiger partial charge in [-0.15, -0.1) is 0 Å². The molecule has 0 atom stereocenters. The number of halogens is 3. The fourth-order valence-electron chi connectivity index (χ4n) is 2.06. The van der Waals surface area contributed by atoms with E-state index in [0.717, 1.165) is 31.4 Å². The standard InChI is InChI=1S/C16H24N2O3.C3H3F3O/c1-4-6-13(7-5-2)16(19)21-18-15(17)12-8-10-14(20-3)11-9-12;1-2(7)3(4,5)6/h8-11,13H,4-7H2,1-3H3,(H2,17,18);1H3. The van der Waals surface area contributed by atoms with Crippen LogP contribution in [0, 0.1) is 5.92 Å². The Bertz CT molecular complexity index is 638. The van der Waals surface area contributed by atoms with Gasteiger partial charge in [0.2, 0.25) is 5.78 Å². The van der Waals surface area contributed by atoms with Gasteiger partial charge < -0.3 is 15.3 Å². The number of benzene rings is 1. The van der Waals surface area contributed by atoms with E-state index in [4.69, 9.17) is 15.3 Å². The maximum atomic E-state index is 12.0. The van der Waals surface area contributed by atoms with Crippen LogP contribution in [0.2, 0.25) is 0 Å². The van der Waals surface area contributed by atoms with Crippen molar-refractivity contribution in [3.05, 3.63) is 29.8 Å². The topological polar surface area (TPSA) is 91.0 Å². The lowest BCUT2D eigenvalue weighted by Crippen LogP contribution is -2.19. The Hall–Kier alpha value is -2.58. The molecule has 0 heterocycles. The lowest BCUT2D eigenvalue weighted by molar-refractivity contribution is -0.168. The molecule has 1 aromatic rings. The van der Waals surface area contributed by atoms with Crippen LogP contribution in [0.3, 0.4) is 0 Å². The van der Waals surface area contributed by atoms with Crippen LogP contribution in [0.4, 0.5) is 13.2 Å². The second-order valence-electron chi connectivity index (χ2n) is 5.94. The van der Waals surface area contributed by atoms with E-state index in [1.807, 2.05) is 13.8 Å². The van der Waals surface area contributed by atoms with E-state index in [-0.39, 0.29) is 17.7 Å². The number of amidine groups is 1. The van der Waals surface area contributed by atoms with Gasteiger partial charge in [0.05, 0.1) is 13.0 Å². The van der Waals surface area contributed by atoms with Gasteiger partial charge in [-0.2, -0.15) is 13.2 Å². The molecule has 28 heavy (non-hydrogen) atoms. The van der Waals surface area contributed by atoms with Crippen molar-refractivity contribution in [2.45, 2.75) is 52.6 Å². The van der Waals surface area contributed by atoms with Crippen LogP contribution in [-0.2, 0) is 14.4 Å². The molecule has 0 saturated carbocycles. The third-order valence-electron chi connectivity index (χ3n) is 3.63. The van der Waals surface area contributed by atoms with Crippen molar-refractivity contribution in [1.29, 1.82) is 0 Å². The van der Waals surface area contributed by atoms with E-state index in [0.29, 0.717) is 12.5 Å². The Morgan fingerprint density at radius 1 is 1.11 bits per heavy atom. The summed E-state index contributed by atoms with van der Waals surface area (Å²) in [5.41, 5.74) is 6.50. The molecule has 0 aliphatic heterocycles. The first-order valence-electron chi connectivity index (χ1n) is 8.83. The molecule has 0 fully saturated rings. The number of ether oxygens (including phenoxy) is 1. The highest BCUT2D eigenvalue weighted by Gasteiger charge is 2.33. The average Bonchev–Trinajstić information content (AvgIpc) is 2.65. The summed E-state index contributed by atoms with van der Waals surface area (Å²) in [7, 11) is 1.59. The van der Waals surface area contributed by atoms with Crippen LogP contribution in [0.25, 0.3) is 0 Å². The monoisotopic (exact) mass is 404 g/mol. The lowest BCUT2D eigenvalue weighted by Gasteiger charge is -2.11. The van der Waals surface area contributed by atoms with Crippen molar-refractivity contribution in [1.82, 2.24) is 0 Å². The number of hydrogen-bond donors (Lipinski definition) is 1. The van der Waals surface area contributed by atoms with E-state index in [1.165, 1.54) is 0 Å². The highest BCUT2D eigenvalue weighted by atomic mass is 19.4. The van der Waals surface area contributed by atoms with Gasteiger partial charge >= 0.3 is 12.1 Å². The Kier molecular flexibility index (Phi) is 11.6. The molecule has 0 radical (unpaired) electrons. The van der Waals surface area contributed by atoms with Crippen molar-refractivity contribution < 1.29 is 32.3 Å². The molecule has 0 amide bonds. The van der Waals surface area contributed by atoms with E-state index in [2.05, 4.69) is 5.16 Å². The Labute approximate surface area is 162 Å². The summed E-state index contributed by atoms with van der Waals surface area (Å²) >= 11 is 0. The molecule has 0 unspecified atom stereocenters. The smallest absolute Gasteiger partial charge is 0.449 e. The minimum atomic E-state index is -4.64. The Morgan fingerprint density at radius 2 is 1.57 bits per heavy atom. The number of alkyl halides is 3. The zero-order valence-electron chi connectivity index (χ0n) is 16.5. The maximum Gasteiger partial charge on any atom is 0.449 e. The highest BCUT2D eigenvalue weighted by Crippen LogP contribution is 2.16. The zero-order valence-corrected chi connectivity index (χ0v) is 16.5. The average molecular weight is 404 g/mol. The number of methoxy groups -OCH3 is 1. The summed E-state index contributed by atoms with van der Waals surface area (Å²) in [5, 5.41) is 3.74. The molecule has 2 N–H and O–H groups in total. The SMILES string of the molecule is CC(=O)C(F)(F)F.CCCC(CCC)C(=O)ON=C(N)c1ccc(OC)cc1. The number of rotatable bonds is 8. The zero-order chi connectivity index (χ0) is 21.7. The maximum absolute atomic E-state index is 12.0. The van der Waals surface area contributed by atoms with E-state index in [9.17, 15) is 22.8 Å². The fourth-order valence-corrected chi connectivity index (χ4v) is 2.06. The molecule has 0 bridgehead atoms. The van der Waals surface area contributed by atoms with Crippen LogP contribution in [0.5, 0.6) is 5.75 Å². The molecular weight excluding hydrogens is 377 g/mol. The second kappa shape index (κ2) is 12.7. The molecule has 0 aliphatic carbocycles. The van der Waals surface area contributed by atoms with E-state index in [1.54, 1.807) is 31.4 Å². The number of carbonyl (C=O) groups excluding carboxylic acids is 2. The number of Topliss-reactive ketones (excluding diaryl/α,β-unsaturated/α-hetero) is 1. The predicted molar refractivity (Wildman–Crippen MR) is 99.9 cm³/mol. The molecule has 6 nitrogen and oxygen atoms in total. The molecule has 1 rings (SSSR count). The normalized spacial score (nSPS) is 11.5. The number of nitrogens with zero attached hydrogens (tertiary/aromatic N) is 1. The molecule has 1 aromatic carbocycles. The van der Waals surface area contributed by atoms with E-state index >= 15 is 0 Å². The Morgan fingerprint density at radius 3 is 1.93 bits per heavy atom. The summed E-state index contributed by atoms with van der Waals surface area (Å²) in [4.78, 5) is 26.3. The minimum Gasteiger partial charge on any atom is -0.497 e. The van der Waals surface area contributed by atoms with Gasteiger partial charge in [-0.05, 0) is 37.1 Å². The molecular formula is C19H27F3N2O4. The lowest BCUT2D eigenvalue weighted by atomic mass is 9.99. The van der Waals surface area contributed by atoms with Crippen molar-refractivity contribution in [2.75, 3.05) is 7.11 Å². The van der Waals surface area contributed by atoms with Crippen LogP contribution in [0.15, 0.2) is 29.4 Å². The number of oxime groups is 1. The van der Waals surface area contributed by atoms with Crippen molar-refractivity contribution in [2.24, 2.45) is 16.8 Å². The molecule has 9 heteroatoms. The van der Waals surface area contributed by atoms with Crippen molar-refractivity contribution in [3.63, 3.8) is 0 Å². The summed E-state index contributed by atoms with van der Waals surface area (Å²) in [6.07, 6.45) is -1.13. The number of carbonyl (C=O) groups is 2. The van der Waals surface area contributed by atoms with Gasteiger partial charge in [0, 0.05) is 12.5 Å². The largest absolute Gasteiger partial charge is 0.497 e. The summed E-state index contributed by atoms with van der Waals surface area (Å²) < 4.78 is 37.6. The summed E-state index contributed by atoms with van der Waals surface area (Å²) in [6.45, 7) is 4.58. The number of hydrogen-bond acceptors (Lipinski definition) is 5. The van der Waals surface area contributed by atoms with Crippen LogP contribution in [0.1, 0.15) is 52.0 Å². The third kappa shape index (κ3) is 9.94. The van der Waals surface area contributed by atoms with E-state index < -0.39 is 12.0 Å². The van der Waals surface area contributed by atoms with Crippen LogP contribution in [-0.4, -0.2) is 30.9 Å².